The summed E-state index contributed by atoms with van der Waals surface area (Å²) in [5, 5.41) is 8.84. The molecule has 0 amide bonds. The number of hydrogen-bond acceptors (Lipinski definition) is 5. The number of imidazole rings is 1. The maximum atomic E-state index is 12.1. The van der Waals surface area contributed by atoms with Gasteiger partial charge in [-0.2, -0.15) is 8.42 Å². The van der Waals surface area contributed by atoms with Gasteiger partial charge in [0.15, 0.2) is 10.8 Å². The van der Waals surface area contributed by atoms with Crippen LogP contribution in [-0.4, -0.2) is 34.4 Å². The zero-order valence-electron chi connectivity index (χ0n) is 10.5. The van der Waals surface area contributed by atoms with Gasteiger partial charge in [-0.25, -0.2) is 14.8 Å². The van der Waals surface area contributed by atoms with Gasteiger partial charge in [0, 0.05) is 12.6 Å². The van der Waals surface area contributed by atoms with Crippen LogP contribution in [0.5, 0.6) is 0 Å². The van der Waals surface area contributed by atoms with Gasteiger partial charge in [-0.15, -0.1) is 0 Å². The van der Waals surface area contributed by atoms with Crippen LogP contribution in [-0.2, 0) is 16.4 Å². The number of carboxylic acid groups (broad SMARTS) is 1. The maximum absolute atomic E-state index is 12.1. The second-order valence-electron chi connectivity index (χ2n) is 3.86. The van der Waals surface area contributed by atoms with E-state index in [9.17, 15) is 13.2 Å². The fraction of sp³-hybridized carbons (Fsp3) is 0.182. The number of anilines is 1. The first kappa shape index (κ1) is 14.0. The largest absolute Gasteiger partial charge is 0.478 e. The molecule has 0 saturated carbocycles. The average molecular weight is 296 g/mol. The zero-order valence-corrected chi connectivity index (χ0v) is 11.3. The van der Waals surface area contributed by atoms with Crippen LogP contribution in [0.25, 0.3) is 0 Å². The SMILES string of the molecule is CCc1ncc(S(=O)(=O)Nc2ncccc2C(=O)O)[nH]1. The normalized spacial score (nSPS) is 11.2. The molecule has 0 aliphatic heterocycles. The highest BCUT2D eigenvalue weighted by Gasteiger charge is 2.21. The molecule has 0 atom stereocenters. The predicted molar refractivity (Wildman–Crippen MR) is 70.0 cm³/mol. The number of nitrogens with one attached hydrogen (secondary N) is 2. The van der Waals surface area contributed by atoms with Crippen LogP contribution < -0.4 is 4.72 Å². The predicted octanol–water partition coefficient (Wildman–Crippen LogP) is 0.866. The number of aromatic carboxylic acids is 1. The van der Waals surface area contributed by atoms with E-state index < -0.39 is 16.0 Å². The monoisotopic (exact) mass is 296 g/mol. The minimum Gasteiger partial charge on any atom is -0.478 e. The molecule has 0 aromatic carbocycles. The number of pyridine rings is 1. The Morgan fingerprint density at radius 1 is 1.45 bits per heavy atom. The van der Waals surface area contributed by atoms with Crippen molar-refractivity contribution in [2.75, 3.05) is 4.72 Å². The maximum Gasteiger partial charge on any atom is 0.339 e. The van der Waals surface area contributed by atoms with Crippen LogP contribution in [0.4, 0.5) is 5.82 Å². The van der Waals surface area contributed by atoms with Crippen molar-refractivity contribution < 1.29 is 18.3 Å². The van der Waals surface area contributed by atoms with Gasteiger partial charge in [-0.1, -0.05) is 6.92 Å². The summed E-state index contributed by atoms with van der Waals surface area (Å²) in [7, 11) is -3.95. The molecule has 9 heteroatoms. The van der Waals surface area contributed by atoms with E-state index in [0.29, 0.717) is 12.2 Å². The Morgan fingerprint density at radius 3 is 2.80 bits per heavy atom. The van der Waals surface area contributed by atoms with Gasteiger partial charge >= 0.3 is 5.97 Å². The van der Waals surface area contributed by atoms with Gasteiger partial charge in [-0.05, 0) is 12.1 Å². The number of aryl methyl sites for hydroxylation is 1. The first-order chi connectivity index (χ1) is 9.44. The Bertz CT molecular complexity index is 738. The van der Waals surface area contributed by atoms with Crippen LogP contribution in [0.1, 0.15) is 23.1 Å². The summed E-state index contributed by atoms with van der Waals surface area (Å²) >= 11 is 0. The van der Waals surface area contributed by atoms with Gasteiger partial charge in [0.2, 0.25) is 0 Å². The molecule has 0 saturated heterocycles. The van der Waals surface area contributed by atoms with Crippen LogP contribution in [0.15, 0.2) is 29.6 Å². The first-order valence-corrected chi connectivity index (χ1v) is 7.17. The molecule has 106 valence electrons. The summed E-state index contributed by atoms with van der Waals surface area (Å²) in [6.45, 7) is 1.82. The van der Waals surface area contributed by atoms with Crippen molar-refractivity contribution in [3.8, 4) is 0 Å². The minimum absolute atomic E-state index is 0.142. The lowest BCUT2D eigenvalue weighted by Crippen LogP contribution is -2.17. The van der Waals surface area contributed by atoms with Crippen LogP contribution in [0, 0.1) is 0 Å². The molecule has 3 N–H and O–H groups in total. The van der Waals surface area contributed by atoms with E-state index in [2.05, 4.69) is 19.7 Å². The topological polar surface area (TPSA) is 125 Å². The van der Waals surface area contributed by atoms with Crippen molar-refractivity contribution >= 4 is 21.8 Å². The Hall–Kier alpha value is -2.42. The molecule has 0 radical (unpaired) electrons. The van der Waals surface area contributed by atoms with Crippen molar-refractivity contribution in [2.24, 2.45) is 0 Å². The van der Waals surface area contributed by atoms with E-state index in [4.69, 9.17) is 5.11 Å². The Morgan fingerprint density at radius 2 is 2.20 bits per heavy atom. The lowest BCUT2D eigenvalue weighted by molar-refractivity contribution is 0.0697. The number of aromatic nitrogens is 3. The third-order valence-corrected chi connectivity index (χ3v) is 3.75. The molecule has 0 fully saturated rings. The van der Waals surface area contributed by atoms with Gasteiger partial charge in [0.1, 0.15) is 11.4 Å². The molecule has 2 aromatic heterocycles. The molecule has 0 spiro atoms. The van der Waals surface area contributed by atoms with Crippen molar-refractivity contribution in [3.05, 3.63) is 35.9 Å². The number of H-pyrrole nitrogens is 1. The number of carboxylic acids is 1. The van der Waals surface area contributed by atoms with E-state index in [0.717, 1.165) is 0 Å². The fourth-order valence-corrected chi connectivity index (χ4v) is 2.47. The van der Waals surface area contributed by atoms with Gasteiger partial charge in [0.05, 0.1) is 6.20 Å². The molecule has 0 unspecified atom stereocenters. The number of nitrogens with zero attached hydrogens (tertiary/aromatic N) is 2. The Kier molecular flexibility index (Phi) is 3.70. The number of rotatable bonds is 5. The minimum atomic E-state index is -3.95. The third-order valence-electron chi connectivity index (χ3n) is 2.50. The fourth-order valence-electron chi connectivity index (χ4n) is 1.50. The van der Waals surface area contributed by atoms with Crippen molar-refractivity contribution in [2.45, 2.75) is 18.4 Å². The van der Waals surface area contributed by atoms with Crippen molar-refractivity contribution in [1.82, 2.24) is 15.0 Å². The highest BCUT2D eigenvalue weighted by molar-refractivity contribution is 7.92. The molecule has 2 aromatic rings. The number of sulfonamides is 1. The number of hydrogen-bond donors (Lipinski definition) is 3. The number of carbonyl (C=O) groups is 1. The smallest absolute Gasteiger partial charge is 0.339 e. The highest BCUT2D eigenvalue weighted by atomic mass is 32.2. The summed E-state index contributed by atoms with van der Waals surface area (Å²) in [5.74, 6) is -0.993. The van der Waals surface area contributed by atoms with Crippen molar-refractivity contribution in [1.29, 1.82) is 0 Å². The molecule has 8 nitrogen and oxygen atoms in total. The zero-order chi connectivity index (χ0) is 14.8. The molecule has 0 bridgehead atoms. The third kappa shape index (κ3) is 2.77. The first-order valence-electron chi connectivity index (χ1n) is 5.69. The number of aromatic amines is 1. The lowest BCUT2D eigenvalue weighted by atomic mass is 10.3. The lowest BCUT2D eigenvalue weighted by Gasteiger charge is -2.07. The van der Waals surface area contributed by atoms with Gasteiger partial charge in [0.25, 0.3) is 10.0 Å². The average Bonchev–Trinajstić information content (AvgIpc) is 2.88. The molecule has 2 heterocycles. The summed E-state index contributed by atoms with van der Waals surface area (Å²) < 4.78 is 26.3. The van der Waals surface area contributed by atoms with Gasteiger partial charge < -0.3 is 10.1 Å². The van der Waals surface area contributed by atoms with Crippen LogP contribution in [0.3, 0.4) is 0 Å². The van der Waals surface area contributed by atoms with E-state index in [1.807, 2.05) is 6.92 Å². The van der Waals surface area contributed by atoms with E-state index >= 15 is 0 Å². The van der Waals surface area contributed by atoms with Gasteiger partial charge in [-0.3, -0.25) is 4.72 Å². The molecule has 20 heavy (non-hydrogen) atoms. The molecule has 0 aliphatic carbocycles. The second-order valence-corrected chi connectivity index (χ2v) is 5.51. The summed E-state index contributed by atoms with van der Waals surface area (Å²) in [4.78, 5) is 21.3. The van der Waals surface area contributed by atoms with Crippen LogP contribution >= 0.6 is 0 Å². The molecule has 2 rings (SSSR count). The Labute approximate surface area is 114 Å². The summed E-state index contributed by atoms with van der Waals surface area (Å²) in [5.41, 5.74) is -0.230. The summed E-state index contributed by atoms with van der Waals surface area (Å²) in [6, 6.07) is 2.67. The van der Waals surface area contributed by atoms with E-state index in [-0.39, 0.29) is 16.4 Å². The van der Waals surface area contributed by atoms with E-state index in [1.54, 1.807) is 0 Å². The quantitative estimate of drug-likeness (QED) is 0.751. The van der Waals surface area contributed by atoms with Crippen molar-refractivity contribution in [3.63, 3.8) is 0 Å². The standard InChI is InChI=1S/C11H12N4O4S/c1-2-8-13-6-9(14-8)20(18,19)15-10-7(11(16)17)4-3-5-12-10/h3-6H,2H2,1H3,(H,12,15)(H,13,14)(H,16,17). The molecule has 0 aliphatic rings. The van der Waals surface area contributed by atoms with Crippen LogP contribution in [0.2, 0.25) is 0 Å². The highest BCUT2D eigenvalue weighted by Crippen LogP contribution is 2.16. The second kappa shape index (κ2) is 5.29. The summed E-state index contributed by atoms with van der Waals surface area (Å²) in [6.07, 6.45) is 3.03. The molecular formula is C11H12N4O4S. The Balaban J connectivity index is 2.36. The molecular weight excluding hydrogens is 284 g/mol. The van der Waals surface area contributed by atoms with E-state index in [1.165, 1.54) is 24.5 Å².